The van der Waals surface area contributed by atoms with Crippen LogP contribution in [0.4, 0.5) is 0 Å². The monoisotopic (exact) mass is 183 g/mol. The number of Topliss-reactive ketones (excluding diaryl/α,β-unsaturated/α-hetero) is 2. The van der Waals surface area contributed by atoms with E-state index in [-0.39, 0.29) is 12.8 Å². The predicted molar refractivity (Wildman–Crippen MR) is 45.8 cm³/mol. The third kappa shape index (κ3) is 3.34. The number of ketones is 2. The van der Waals surface area contributed by atoms with Gasteiger partial charge in [-0.3, -0.25) is 9.59 Å². The number of carbonyl (C=O) groups is 2. The zero-order valence-corrected chi connectivity index (χ0v) is 7.83. The maximum atomic E-state index is 11.2. The van der Waals surface area contributed by atoms with Gasteiger partial charge in [-0.2, -0.15) is 5.26 Å². The fourth-order valence-corrected chi connectivity index (χ4v) is 0.768. The molecule has 0 aliphatic heterocycles. The average Bonchev–Trinajstić information content (AvgIpc) is 2.04. The molecule has 0 saturated heterocycles. The lowest BCUT2D eigenvalue weighted by Gasteiger charge is -2.17. The third-order valence-electron chi connectivity index (χ3n) is 1.92. The molecule has 4 nitrogen and oxygen atoms in total. The fraction of sp³-hybridized carbons (Fsp3) is 0.667. The Morgan fingerprint density at radius 1 is 1.54 bits per heavy atom. The highest BCUT2D eigenvalue weighted by atomic mass is 16.3. The summed E-state index contributed by atoms with van der Waals surface area (Å²) in [4.78, 5) is 22.0. The second kappa shape index (κ2) is 4.73. The first-order valence-corrected chi connectivity index (χ1v) is 4.06. The molecule has 0 aromatic heterocycles. The Morgan fingerprint density at radius 3 is 2.46 bits per heavy atom. The Labute approximate surface area is 77.2 Å². The maximum absolute atomic E-state index is 11.2. The Bertz CT molecular complexity index is 250. The Balaban J connectivity index is 4.12. The van der Waals surface area contributed by atoms with Crippen molar-refractivity contribution in [3.05, 3.63) is 0 Å². The van der Waals surface area contributed by atoms with Gasteiger partial charge in [-0.25, -0.2) is 0 Å². The summed E-state index contributed by atoms with van der Waals surface area (Å²) in [7, 11) is 0. The van der Waals surface area contributed by atoms with Crippen molar-refractivity contribution in [3.8, 4) is 6.07 Å². The van der Waals surface area contributed by atoms with Crippen LogP contribution < -0.4 is 0 Å². The number of rotatable bonds is 5. The molecule has 0 aromatic carbocycles. The van der Waals surface area contributed by atoms with Gasteiger partial charge in [0.05, 0.1) is 6.07 Å². The molecule has 1 N–H and O–H groups in total. The standard InChI is InChI=1S/C9H13NO3/c1-7(11)9(2,13)8(12)5-3-4-6-10/h13H,3-5H2,1-2H3/t9-/m1/s1. The molecule has 0 rings (SSSR count). The van der Waals surface area contributed by atoms with Gasteiger partial charge < -0.3 is 5.11 Å². The summed E-state index contributed by atoms with van der Waals surface area (Å²) < 4.78 is 0. The molecule has 0 saturated carbocycles. The molecule has 4 heteroatoms. The minimum atomic E-state index is -1.88. The molecule has 0 fully saturated rings. The largest absolute Gasteiger partial charge is 0.375 e. The molecule has 0 spiro atoms. The van der Waals surface area contributed by atoms with E-state index in [1.807, 2.05) is 6.07 Å². The maximum Gasteiger partial charge on any atom is 0.177 e. The first-order valence-electron chi connectivity index (χ1n) is 4.06. The summed E-state index contributed by atoms with van der Waals surface area (Å²) in [6, 6.07) is 1.88. The first-order chi connectivity index (χ1) is 5.92. The van der Waals surface area contributed by atoms with Crippen molar-refractivity contribution in [2.45, 2.75) is 38.7 Å². The zero-order chi connectivity index (χ0) is 10.5. The van der Waals surface area contributed by atoms with E-state index in [0.29, 0.717) is 6.42 Å². The van der Waals surface area contributed by atoms with E-state index >= 15 is 0 Å². The summed E-state index contributed by atoms with van der Waals surface area (Å²) in [5.41, 5.74) is -1.88. The van der Waals surface area contributed by atoms with Crippen molar-refractivity contribution < 1.29 is 14.7 Å². The molecule has 0 amide bonds. The smallest absolute Gasteiger partial charge is 0.177 e. The van der Waals surface area contributed by atoms with E-state index in [9.17, 15) is 14.7 Å². The lowest BCUT2D eigenvalue weighted by atomic mass is 9.93. The van der Waals surface area contributed by atoms with Crippen LogP contribution >= 0.6 is 0 Å². The molecule has 13 heavy (non-hydrogen) atoms. The molecule has 0 bridgehead atoms. The quantitative estimate of drug-likeness (QED) is 0.499. The predicted octanol–water partition coefficient (Wildman–Crippen LogP) is 0.589. The van der Waals surface area contributed by atoms with Gasteiger partial charge >= 0.3 is 0 Å². The van der Waals surface area contributed by atoms with Crippen LogP contribution in [-0.4, -0.2) is 22.3 Å². The SMILES string of the molecule is CC(=O)[C@@](C)(O)C(=O)CCCC#N. The van der Waals surface area contributed by atoms with Crippen LogP contribution in [-0.2, 0) is 9.59 Å². The lowest BCUT2D eigenvalue weighted by molar-refractivity contribution is -0.147. The van der Waals surface area contributed by atoms with Crippen molar-refractivity contribution in [1.29, 1.82) is 5.26 Å². The van der Waals surface area contributed by atoms with Gasteiger partial charge in [0.2, 0.25) is 0 Å². The minimum absolute atomic E-state index is 0.0696. The number of nitriles is 1. The van der Waals surface area contributed by atoms with E-state index in [0.717, 1.165) is 0 Å². The van der Waals surface area contributed by atoms with E-state index in [1.165, 1.54) is 13.8 Å². The summed E-state index contributed by atoms with van der Waals surface area (Å²) in [6.07, 6.45) is 0.721. The Morgan fingerprint density at radius 2 is 2.08 bits per heavy atom. The number of nitrogens with zero attached hydrogens (tertiary/aromatic N) is 1. The third-order valence-corrected chi connectivity index (χ3v) is 1.92. The van der Waals surface area contributed by atoms with Gasteiger partial charge in [-0.1, -0.05) is 0 Å². The molecule has 0 heterocycles. The van der Waals surface area contributed by atoms with Gasteiger partial charge in [-0.15, -0.1) is 0 Å². The summed E-state index contributed by atoms with van der Waals surface area (Å²) in [6.45, 7) is 2.35. The summed E-state index contributed by atoms with van der Waals surface area (Å²) in [5.74, 6) is -1.08. The zero-order valence-electron chi connectivity index (χ0n) is 7.83. The van der Waals surface area contributed by atoms with Gasteiger partial charge in [-0.05, 0) is 20.3 Å². The van der Waals surface area contributed by atoms with E-state index in [4.69, 9.17) is 5.26 Å². The number of hydrogen-bond donors (Lipinski definition) is 1. The molecule has 0 aliphatic rings. The van der Waals surface area contributed by atoms with Gasteiger partial charge in [0.15, 0.2) is 17.2 Å². The highest BCUT2D eigenvalue weighted by Gasteiger charge is 2.34. The molecule has 0 aliphatic carbocycles. The van der Waals surface area contributed by atoms with Crippen LogP contribution in [0.1, 0.15) is 33.1 Å². The van der Waals surface area contributed by atoms with Crippen LogP contribution in [0.3, 0.4) is 0 Å². The molecule has 1 atom stereocenters. The molecule has 0 unspecified atom stereocenters. The lowest BCUT2D eigenvalue weighted by Crippen LogP contribution is -2.42. The topological polar surface area (TPSA) is 78.2 Å². The second-order valence-corrected chi connectivity index (χ2v) is 3.06. The number of unbranched alkanes of at least 4 members (excludes halogenated alkanes) is 1. The average molecular weight is 183 g/mol. The Hall–Kier alpha value is -1.21. The van der Waals surface area contributed by atoms with Crippen LogP contribution in [0.15, 0.2) is 0 Å². The van der Waals surface area contributed by atoms with E-state index < -0.39 is 17.2 Å². The van der Waals surface area contributed by atoms with Crippen LogP contribution in [0.2, 0.25) is 0 Å². The Kier molecular flexibility index (Phi) is 4.29. The molecular weight excluding hydrogens is 170 g/mol. The number of carbonyl (C=O) groups excluding carboxylic acids is 2. The molecule has 0 aromatic rings. The van der Waals surface area contributed by atoms with Crippen LogP contribution in [0, 0.1) is 11.3 Å². The van der Waals surface area contributed by atoms with Crippen LogP contribution in [0.5, 0.6) is 0 Å². The van der Waals surface area contributed by atoms with Crippen molar-refractivity contribution in [3.63, 3.8) is 0 Å². The fourth-order valence-electron chi connectivity index (χ4n) is 0.768. The first kappa shape index (κ1) is 11.8. The van der Waals surface area contributed by atoms with Crippen molar-refractivity contribution in [1.82, 2.24) is 0 Å². The molecule has 0 radical (unpaired) electrons. The summed E-state index contributed by atoms with van der Waals surface area (Å²) in [5, 5.41) is 17.6. The number of aliphatic hydroxyl groups is 1. The molecular formula is C9H13NO3. The normalized spacial score (nSPS) is 14.3. The summed E-state index contributed by atoms with van der Waals surface area (Å²) >= 11 is 0. The second-order valence-electron chi connectivity index (χ2n) is 3.06. The highest BCUT2D eigenvalue weighted by Crippen LogP contribution is 2.11. The highest BCUT2D eigenvalue weighted by molar-refractivity contribution is 6.08. The van der Waals surface area contributed by atoms with Crippen molar-refractivity contribution >= 4 is 11.6 Å². The molecule has 72 valence electrons. The van der Waals surface area contributed by atoms with Gasteiger partial charge in [0.1, 0.15) is 0 Å². The van der Waals surface area contributed by atoms with Crippen molar-refractivity contribution in [2.75, 3.05) is 0 Å². The minimum Gasteiger partial charge on any atom is -0.375 e. The van der Waals surface area contributed by atoms with E-state index in [2.05, 4.69) is 0 Å². The van der Waals surface area contributed by atoms with Crippen LogP contribution in [0.25, 0.3) is 0 Å². The number of hydrogen-bond acceptors (Lipinski definition) is 4. The van der Waals surface area contributed by atoms with Gasteiger partial charge in [0, 0.05) is 12.8 Å². The van der Waals surface area contributed by atoms with Crippen molar-refractivity contribution in [2.24, 2.45) is 0 Å². The van der Waals surface area contributed by atoms with Gasteiger partial charge in [0.25, 0.3) is 0 Å². The van der Waals surface area contributed by atoms with E-state index in [1.54, 1.807) is 0 Å².